The van der Waals surface area contributed by atoms with Gasteiger partial charge in [-0.2, -0.15) is 0 Å². The lowest BCUT2D eigenvalue weighted by molar-refractivity contribution is -0.00543. The molecule has 6 rings (SSSR count). The van der Waals surface area contributed by atoms with Gasteiger partial charge >= 0.3 is 0 Å². The number of nitrogens with two attached hydrogens (primary N) is 1. The van der Waals surface area contributed by atoms with E-state index < -0.39 is 0 Å². The Hall–Kier alpha value is -2.16. The molecule has 1 aromatic carbocycles. The molecule has 0 atom stereocenters. The highest BCUT2D eigenvalue weighted by atomic mass is 16.1. The largest absolute Gasteiger partial charge is 0.364 e. The molecule has 4 saturated carbocycles. The first-order valence-corrected chi connectivity index (χ1v) is 10.8. The van der Waals surface area contributed by atoms with Crippen molar-refractivity contribution < 1.29 is 4.79 Å². The van der Waals surface area contributed by atoms with Crippen molar-refractivity contribution in [2.45, 2.75) is 63.7 Å². The Bertz CT molecular complexity index is 877. The van der Waals surface area contributed by atoms with Crippen LogP contribution in [0.25, 0.3) is 11.1 Å². The summed E-state index contributed by atoms with van der Waals surface area (Å²) in [4.78, 5) is 16.9. The Kier molecular flexibility index (Phi) is 4.12. The van der Waals surface area contributed by atoms with Crippen LogP contribution in [0, 0.1) is 17.8 Å². The van der Waals surface area contributed by atoms with Gasteiger partial charge in [0.05, 0.1) is 0 Å². The van der Waals surface area contributed by atoms with Crippen LogP contribution in [0.15, 0.2) is 36.5 Å². The van der Waals surface area contributed by atoms with Crippen molar-refractivity contribution in [2.24, 2.45) is 23.5 Å². The Morgan fingerprint density at radius 3 is 2.07 bits per heavy atom. The van der Waals surface area contributed by atoms with Crippen LogP contribution in [0.2, 0.25) is 0 Å². The van der Waals surface area contributed by atoms with Gasteiger partial charge in [0.15, 0.2) is 0 Å². The molecule has 3 heteroatoms. The predicted molar refractivity (Wildman–Crippen MR) is 112 cm³/mol. The lowest BCUT2D eigenvalue weighted by Crippen LogP contribution is -2.49. The molecule has 4 fully saturated rings. The highest BCUT2D eigenvalue weighted by Gasteiger charge is 2.53. The van der Waals surface area contributed by atoms with Gasteiger partial charge < -0.3 is 5.73 Å². The summed E-state index contributed by atoms with van der Waals surface area (Å²) in [7, 11) is 0. The minimum absolute atomic E-state index is 0.0828. The second-order valence-corrected chi connectivity index (χ2v) is 9.92. The molecule has 2 N–H and O–H groups in total. The molecule has 0 radical (unpaired) electrons. The first kappa shape index (κ1) is 17.9. The van der Waals surface area contributed by atoms with Crippen LogP contribution in [-0.4, -0.2) is 10.9 Å². The van der Waals surface area contributed by atoms with E-state index in [2.05, 4.69) is 49.2 Å². The third kappa shape index (κ3) is 2.78. The second kappa shape index (κ2) is 6.43. The van der Waals surface area contributed by atoms with Gasteiger partial charge in [-0.15, -0.1) is 0 Å². The lowest BCUT2D eigenvalue weighted by Gasteiger charge is -2.57. The minimum atomic E-state index is -0.383. The van der Waals surface area contributed by atoms with Gasteiger partial charge in [0.25, 0.3) is 5.91 Å². The number of carbonyl (C=O) groups excluding carboxylic acids is 1. The van der Waals surface area contributed by atoms with E-state index in [0.29, 0.717) is 11.6 Å². The highest BCUT2D eigenvalue weighted by molar-refractivity contribution is 5.95. The summed E-state index contributed by atoms with van der Waals surface area (Å²) in [5.74, 6) is 2.55. The second-order valence-electron chi connectivity index (χ2n) is 9.92. The maximum absolute atomic E-state index is 12.4. The number of carbonyl (C=O) groups is 1. The number of rotatable bonds is 4. The first-order chi connectivity index (χ1) is 13.4. The average Bonchev–Trinajstić information content (AvgIpc) is 2.66. The predicted octanol–water partition coefficient (Wildman–Crippen LogP) is 5.44. The van der Waals surface area contributed by atoms with Crippen LogP contribution in [0.1, 0.15) is 79.9 Å². The average molecular weight is 375 g/mol. The number of nitrogens with zero attached hydrogens (tertiary/aromatic N) is 1. The van der Waals surface area contributed by atoms with Gasteiger partial charge in [0.2, 0.25) is 0 Å². The monoisotopic (exact) mass is 374 g/mol. The molecule has 1 heterocycles. The molecule has 3 nitrogen and oxygen atoms in total. The molecule has 2 aromatic rings. The van der Waals surface area contributed by atoms with E-state index in [1.54, 1.807) is 6.20 Å². The summed E-state index contributed by atoms with van der Waals surface area (Å²) in [5, 5.41) is 0. The number of aromatic nitrogens is 1. The number of hydrogen-bond donors (Lipinski definition) is 1. The topological polar surface area (TPSA) is 56.0 Å². The Morgan fingerprint density at radius 1 is 1.00 bits per heavy atom. The van der Waals surface area contributed by atoms with Crippen LogP contribution in [0.3, 0.4) is 0 Å². The molecular weight excluding hydrogens is 344 g/mol. The van der Waals surface area contributed by atoms with E-state index in [1.165, 1.54) is 55.2 Å². The van der Waals surface area contributed by atoms with Gasteiger partial charge in [0, 0.05) is 6.20 Å². The summed E-state index contributed by atoms with van der Waals surface area (Å²) in [5.41, 5.74) is 11.3. The molecule has 28 heavy (non-hydrogen) atoms. The lowest BCUT2D eigenvalue weighted by atomic mass is 9.47. The zero-order chi connectivity index (χ0) is 19.5. The Morgan fingerprint density at radius 2 is 1.57 bits per heavy atom. The van der Waals surface area contributed by atoms with Gasteiger partial charge in [0.1, 0.15) is 5.69 Å². The van der Waals surface area contributed by atoms with Crippen LogP contribution >= 0.6 is 0 Å². The summed E-state index contributed by atoms with van der Waals surface area (Å²) >= 11 is 0. The van der Waals surface area contributed by atoms with Crippen molar-refractivity contribution >= 4 is 5.91 Å². The summed E-state index contributed by atoms with van der Waals surface area (Å²) in [6.07, 6.45) is 9.49. The van der Waals surface area contributed by atoms with Crippen LogP contribution < -0.4 is 5.73 Å². The maximum Gasteiger partial charge on any atom is 0.267 e. The van der Waals surface area contributed by atoms with Crippen LogP contribution in [0.4, 0.5) is 0 Å². The minimum Gasteiger partial charge on any atom is -0.364 e. The van der Waals surface area contributed by atoms with E-state index in [9.17, 15) is 4.79 Å². The molecular formula is C25H30N2O. The molecule has 0 saturated heterocycles. The van der Waals surface area contributed by atoms with E-state index >= 15 is 0 Å². The molecule has 4 aliphatic carbocycles. The first-order valence-electron chi connectivity index (χ1n) is 10.8. The molecule has 0 aliphatic heterocycles. The molecule has 146 valence electrons. The number of amides is 1. The summed E-state index contributed by atoms with van der Waals surface area (Å²) in [6, 6.07) is 10.9. The SMILES string of the molecule is CC(C)c1ccc(-c2ccnc(C(N)=O)c2C23CC4CC(CC(C4)C2)C3)cc1. The van der Waals surface area contributed by atoms with E-state index in [0.717, 1.165) is 23.3 Å². The van der Waals surface area contributed by atoms with Gasteiger partial charge in [-0.1, -0.05) is 38.1 Å². The van der Waals surface area contributed by atoms with Crippen molar-refractivity contribution in [1.82, 2.24) is 4.98 Å². The molecule has 4 aliphatic rings. The van der Waals surface area contributed by atoms with Crippen molar-refractivity contribution in [2.75, 3.05) is 0 Å². The third-order valence-electron chi connectivity index (χ3n) is 7.64. The standard InChI is InChI=1S/C25H30N2O/c1-15(2)19-3-5-20(6-4-19)21-7-8-27-23(24(26)28)22(21)25-12-16-9-17(13-25)11-18(10-16)14-25/h3-8,15-18H,9-14H2,1-2H3,(H2,26,28). The van der Waals surface area contributed by atoms with Gasteiger partial charge in [-0.05, 0) is 95.9 Å². The highest BCUT2D eigenvalue weighted by Crippen LogP contribution is 2.62. The molecule has 0 spiro atoms. The smallest absolute Gasteiger partial charge is 0.267 e. The number of hydrogen-bond acceptors (Lipinski definition) is 2. The van der Waals surface area contributed by atoms with Gasteiger partial charge in [-0.25, -0.2) is 0 Å². The van der Waals surface area contributed by atoms with E-state index in [4.69, 9.17) is 5.73 Å². The zero-order valence-electron chi connectivity index (χ0n) is 16.9. The maximum atomic E-state index is 12.4. The Balaban J connectivity index is 1.67. The zero-order valence-corrected chi connectivity index (χ0v) is 16.9. The number of primary amides is 1. The summed E-state index contributed by atoms with van der Waals surface area (Å²) in [6.45, 7) is 4.43. The van der Waals surface area contributed by atoms with Gasteiger partial charge in [-0.3, -0.25) is 9.78 Å². The summed E-state index contributed by atoms with van der Waals surface area (Å²) < 4.78 is 0. The van der Waals surface area contributed by atoms with Crippen molar-refractivity contribution in [3.05, 3.63) is 53.3 Å². The van der Waals surface area contributed by atoms with Crippen molar-refractivity contribution in [1.29, 1.82) is 0 Å². The molecule has 4 bridgehead atoms. The number of benzene rings is 1. The van der Waals surface area contributed by atoms with Crippen LogP contribution in [-0.2, 0) is 5.41 Å². The molecule has 0 unspecified atom stereocenters. The van der Waals surface area contributed by atoms with E-state index in [-0.39, 0.29) is 11.3 Å². The van der Waals surface area contributed by atoms with Crippen molar-refractivity contribution in [3.8, 4) is 11.1 Å². The number of pyridine rings is 1. The fraction of sp³-hybridized carbons (Fsp3) is 0.520. The third-order valence-corrected chi connectivity index (χ3v) is 7.64. The van der Waals surface area contributed by atoms with Crippen molar-refractivity contribution in [3.63, 3.8) is 0 Å². The quantitative estimate of drug-likeness (QED) is 0.775. The molecule has 1 amide bonds. The van der Waals surface area contributed by atoms with Crippen LogP contribution in [0.5, 0.6) is 0 Å². The van der Waals surface area contributed by atoms with E-state index in [1.807, 2.05) is 0 Å². The molecule has 1 aromatic heterocycles. The normalized spacial score (nSPS) is 30.8. The Labute approximate surface area is 167 Å². The fourth-order valence-corrected chi connectivity index (χ4v) is 6.89. The fourth-order valence-electron chi connectivity index (χ4n) is 6.89.